The van der Waals surface area contributed by atoms with Crippen LogP contribution in [0.4, 0.5) is 0 Å². The molecular formula is C16H15NO2. The van der Waals surface area contributed by atoms with Gasteiger partial charge in [0.25, 0.3) is 0 Å². The molecule has 1 N–H and O–H groups in total. The predicted molar refractivity (Wildman–Crippen MR) is 75.0 cm³/mol. The Hall–Kier alpha value is -2.26. The molecule has 0 saturated heterocycles. The molecule has 1 heterocycles. The predicted octanol–water partition coefficient (Wildman–Crippen LogP) is 3.72. The van der Waals surface area contributed by atoms with Crippen LogP contribution in [0.3, 0.4) is 0 Å². The van der Waals surface area contributed by atoms with E-state index in [0.29, 0.717) is 6.61 Å². The van der Waals surface area contributed by atoms with Crippen molar-refractivity contribution < 1.29 is 9.47 Å². The average Bonchev–Trinajstić information content (AvgIpc) is 2.92. The summed E-state index contributed by atoms with van der Waals surface area (Å²) < 4.78 is 11.1. The van der Waals surface area contributed by atoms with Crippen molar-refractivity contribution >= 4 is 10.9 Å². The molecule has 0 saturated carbocycles. The van der Waals surface area contributed by atoms with Crippen molar-refractivity contribution in [3.8, 4) is 5.75 Å². The highest BCUT2D eigenvalue weighted by Gasteiger charge is 1.98. The Kier molecular flexibility index (Phi) is 3.47. The van der Waals surface area contributed by atoms with Gasteiger partial charge in [0.1, 0.15) is 5.75 Å². The van der Waals surface area contributed by atoms with Crippen LogP contribution in [0.5, 0.6) is 5.75 Å². The van der Waals surface area contributed by atoms with E-state index in [-0.39, 0.29) is 6.79 Å². The minimum absolute atomic E-state index is 0.255. The molecule has 3 aromatic rings. The molecule has 2 aromatic carbocycles. The molecule has 0 bridgehead atoms. The quantitative estimate of drug-likeness (QED) is 0.555. The van der Waals surface area contributed by atoms with E-state index in [4.69, 9.17) is 9.47 Å². The van der Waals surface area contributed by atoms with Gasteiger partial charge in [0, 0.05) is 17.1 Å². The number of H-pyrrole nitrogens is 1. The fourth-order valence-corrected chi connectivity index (χ4v) is 1.96. The maximum atomic E-state index is 5.57. The summed E-state index contributed by atoms with van der Waals surface area (Å²) in [6, 6.07) is 18.0. The van der Waals surface area contributed by atoms with Gasteiger partial charge in [-0.3, -0.25) is 0 Å². The van der Waals surface area contributed by atoms with E-state index in [1.807, 2.05) is 60.8 Å². The van der Waals surface area contributed by atoms with Crippen LogP contribution in [0.15, 0.2) is 60.8 Å². The molecule has 0 aliphatic rings. The standard InChI is InChI=1S/C16H15NO2/c1-2-4-13(5-3-1)11-18-12-19-15-6-7-16-14(10-15)8-9-17-16/h1-10,17H,11-12H2. The van der Waals surface area contributed by atoms with E-state index in [1.165, 1.54) is 0 Å². The molecular weight excluding hydrogens is 238 g/mol. The molecule has 0 amide bonds. The molecule has 3 nitrogen and oxygen atoms in total. The normalized spacial score (nSPS) is 10.7. The zero-order valence-electron chi connectivity index (χ0n) is 10.5. The number of hydrogen-bond donors (Lipinski definition) is 1. The molecule has 96 valence electrons. The van der Waals surface area contributed by atoms with Crippen LogP contribution < -0.4 is 4.74 Å². The third kappa shape index (κ3) is 2.95. The van der Waals surface area contributed by atoms with Gasteiger partial charge in [-0.2, -0.15) is 0 Å². The number of hydrogen-bond acceptors (Lipinski definition) is 2. The first-order valence-corrected chi connectivity index (χ1v) is 6.23. The summed E-state index contributed by atoms with van der Waals surface area (Å²) in [4.78, 5) is 3.15. The Balaban J connectivity index is 1.52. The lowest BCUT2D eigenvalue weighted by Gasteiger charge is -2.07. The van der Waals surface area contributed by atoms with Crippen molar-refractivity contribution in [1.82, 2.24) is 4.98 Å². The van der Waals surface area contributed by atoms with E-state index in [2.05, 4.69) is 4.98 Å². The first kappa shape index (κ1) is 11.8. The number of fused-ring (bicyclic) bond motifs is 1. The lowest BCUT2D eigenvalue weighted by Crippen LogP contribution is -2.02. The minimum Gasteiger partial charge on any atom is -0.468 e. The molecule has 0 aliphatic carbocycles. The van der Waals surface area contributed by atoms with Gasteiger partial charge in [-0.25, -0.2) is 0 Å². The van der Waals surface area contributed by atoms with E-state index >= 15 is 0 Å². The van der Waals surface area contributed by atoms with Gasteiger partial charge in [-0.05, 0) is 29.8 Å². The Morgan fingerprint density at radius 1 is 0.947 bits per heavy atom. The van der Waals surface area contributed by atoms with Crippen molar-refractivity contribution in [3.63, 3.8) is 0 Å². The Bertz CT molecular complexity index is 646. The number of nitrogens with one attached hydrogen (secondary N) is 1. The monoisotopic (exact) mass is 253 g/mol. The van der Waals surface area contributed by atoms with Crippen molar-refractivity contribution in [2.75, 3.05) is 6.79 Å². The second-order valence-corrected chi connectivity index (χ2v) is 4.32. The van der Waals surface area contributed by atoms with Crippen LogP contribution in [-0.2, 0) is 11.3 Å². The highest BCUT2D eigenvalue weighted by Crippen LogP contribution is 2.19. The molecule has 19 heavy (non-hydrogen) atoms. The molecule has 0 unspecified atom stereocenters. The molecule has 3 heteroatoms. The largest absolute Gasteiger partial charge is 0.468 e. The highest BCUT2D eigenvalue weighted by molar-refractivity contribution is 5.80. The van der Waals surface area contributed by atoms with Gasteiger partial charge in [0.05, 0.1) is 6.61 Å². The zero-order chi connectivity index (χ0) is 12.9. The van der Waals surface area contributed by atoms with Crippen molar-refractivity contribution in [2.45, 2.75) is 6.61 Å². The summed E-state index contributed by atoms with van der Waals surface area (Å²) in [5.74, 6) is 0.820. The van der Waals surface area contributed by atoms with Crippen LogP contribution in [0.2, 0.25) is 0 Å². The van der Waals surface area contributed by atoms with Gasteiger partial charge in [-0.15, -0.1) is 0 Å². The molecule has 0 atom stereocenters. The second-order valence-electron chi connectivity index (χ2n) is 4.32. The summed E-state index contributed by atoms with van der Waals surface area (Å²) >= 11 is 0. The van der Waals surface area contributed by atoms with E-state index in [1.54, 1.807) is 0 Å². The fraction of sp³-hybridized carbons (Fsp3) is 0.125. The Morgan fingerprint density at radius 3 is 2.74 bits per heavy atom. The number of rotatable bonds is 5. The summed E-state index contributed by atoms with van der Waals surface area (Å²) in [6.45, 7) is 0.818. The molecule has 0 aliphatic heterocycles. The summed E-state index contributed by atoms with van der Waals surface area (Å²) in [6.07, 6.45) is 1.92. The van der Waals surface area contributed by atoms with Gasteiger partial charge in [0.15, 0.2) is 6.79 Å². The topological polar surface area (TPSA) is 34.2 Å². The maximum Gasteiger partial charge on any atom is 0.189 e. The Labute approximate surface area is 111 Å². The van der Waals surface area contributed by atoms with Crippen LogP contribution in [0.25, 0.3) is 10.9 Å². The minimum atomic E-state index is 0.255. The van der Waals surface area contributed by atoms with Crippen molar-refractivity contribution in [3.05, 3.63) is 66.4 Å². The van der Waals surface area contributed by atoms with E-state index in [9.17, 15) is 0 Å². The van der Waals surface area contributed by atoms with Gasteiger partial charge in [-0.1, -0.05) is 30.3 Å². The van der Waals surface area contributed by atoms with Gasteiger partial charge in [0.2, 0.25) is 0 Å². The molecule has 0 fully saturated rings. The summed E-state index contributed by atoms with van der Waals surface area (Å²) in [5.41, 5.74) is 2.25. The van der Waals surface area contributed by atoms with Gasteiger partial charge < -0.3 is 14.5 Å². The smallest absolute Gasteiger partial charge is 0.189 e. The number of ether oxygens (including phenoxy) is 2. The van der Waals surface area contributed by atoms with Crippen molar-refractivity contribution in [1.29, 1.82) is 0 Å². The van der Waals surface area contributed by atoms with Crippen LogP contribution in [-0.4, -0.2) is 11.8 Å². The third-order valence-corrected chi connectivity index (χ3v) is 2.95. The molecule has 3 rings (SSSR count). The number of aromatic amines is 1. The maximum absolute atomic E-state index is 5.57. The SMILES string of the molecule is c1ccc(COCOc2ccc3[nH]ccc3c2)cc1. The molecule has 1 aromatic heterocycles. The fourth-order valence-electron chi connectivity index (χ4n) is 1.96. The Morgan fingerprint density at radius 2 is 1.84 bits per heavy atom. The first-order chi connectivity index (χ1) is 9.42. The van der Waals surface area contributed by atoms with Gasteiger partial charge >= 0.3 is 0 Å². The summed E-state index contributed by atoms with van der Waals surface area (Å²) in [7, 11) is 0. The van der Waals surface area contributed by atoms with E-state index < -0.39 is 0 Å². The van der Waals surface area contributed by atoms with Crippen molar-refractivity contribution in [2.24, 2.45) is 0 Å². The molecule has 0 spiro atoms. The van der Waals surface area contributed by atoms with E-state index in [0.717, 1.165) is 22.2 Å². The second kappa shape index (κ2) is 5.59. The highest BCUT2D eigenvalue weighted by atomic mass is 16.7. The van der Waals surface area contributed by atoms with Crippen LogP contribution in [0, 0.1) is 0 Å². The first-order valence-electron chi connectivity index (χ1n) is 6.23. The average molecular weight is 253 g/mol. The number of benzene rings is 2. The summed E-state index contributed by atoms with van der Waals surface area (Å²) in [5, 5.41) is 1.14. The third-order valence-electron chi connectivity index (χ3n) is 2.95. The lowest BCUT2D eigenvalue weighted by molar-refractivity contribution is 0.00512. The molecule has 0 radical (unpaired) electrons. The van der Waals surface area contributed by atoms with Crippen LogP contribution in [0.1, 0.15) is 5.56 Å². The zero-order valence-corrected chi connectivity index (χ0v) is 10.5. The number of aromatic nitrogens is 1. The van der Waals surface area contributed by atoms with Crippen LogP contribution >= 0.6 is 0 Å². The lowest BCUT2D eigenvalue weighted by atomic mass is 10.2.